The number of ether oxygens (including phenoxy) is 2. The molecule has 1 aliphatic heterocycles. The number of rotatable bonds is 6. The van der Waals surface area contributed by atoms with Crippen LogP contribution in [0.5, 0.6) is 11.5 Å². The van der Waals surface area contributed by atoms with Crippen LogP contribution < -0.4 is 14.8 Å². The summed E-state index contributed by atoms with van der Waals surface area (Å²) in [6.07, 6.45) is -0.108. The number of likely N-dealkylation sites (N-methyl/N-ethyl adjacent to an activating group) is 1. The van der Waals surface area contributed by atoms with Crippen molar-refractivity contribution < 1.29 is 14.3 Å². The Hall–Kier alpha value is -2.24. The van der Waals surface area contributed by atoms with E-state index in [2.05, 4.69) is 5.32 Å². The van der Waals surface area contributed by atoms with Gasteiger partial charge in [0.25, 0.3) is 0 Å². The monoisotopic (exact) mass is 374 g/mol. The molecule has 0 spiro atoms. The van der Waals surface area contributed by atoms with Crippen molar-refractivity contribution in [3.05, 3.63) is 59.1 Å². The van der Waals surface area contributed by atoms with E-state index in [1.54, 1.807) is 0 Å². The van der Waals surface area contributed by atoms with E-state index < -0.39 is 0 Å². The number of carbonyl (C=O) groups is 1. The minimum Gasteiger partial charge on any atom is -0.486 e. The lowest BCUT2D eigenvalue weighted by atomic mass is 10.1. The van der Waals surface area contributed by atoms with E-state index in [4.69, 9.17) is 21.1 Å². The second kappa shape index (κ2) is 8.43. The third kappa shape index (κ3) is 4.68. The fourth-order valence-electron chi connectivity index (χ4n) is 3.00. The molecule has 1 aliphatic rings. The molecule has 0 aliphatic carbocycles. The molecule has 6 heteroatoms. The Morgan fingerprint density at radius 1 is 1.23 bits per heavy atom. The van der Waals surface area contributed by atoms with Crippen molar-refractivity contribution in [3.8, 4) is 11.5 Å². The zero-order valence-corrected chi connectivity index (χ0v) is 15.7. The van der Waals surface area contributed by atoms with Gasteiger partial charge in [-0.1, -0.05) is 41.9 Å². The first-order valence-electron chi connectivity index (χ1n) is 8.63. The Morgan fingerprint density at radius 3 is 2.69 bits per heavy atom. The van der Waals surface area contributed by atoms with Gasteiger partial charge >= 0.3 is 0 Å². The van der Waals surface area contributed by atoms with Gasteiger partial charge in [-0.3, -0.25) is 9.69 Å². The molecule has 2 aromatic carbocycles. The van der Waals surface area contributed by atoms with Crippen molar-refractivity contribution in [2.24, 2.45) is 0 Å². The van der Waals surface area contributed by atoms with E-state index in [0.717, 1.165) is 17.1 Å². The number of carbonyl (C=O) groups excluding carboxylic acids is 1. The number of hydrogen-bond donors (Lipinski definition) is 1. The van der Waals surface area contributed by atoms with Gasteiger partial charge in [-0.25, -0.2) is 0 Å². The van der Waals surface area contributed by atoms with Crippen molar-refractivity contribution in [1.29, 1.82) is 0 Å². The Bertz CT molecular complexity index is 768. The number of nitrogens with zero attached hydrogens (tertiary/aromatic N) is 1. The lowest BCUT2D eigenvalue weighted by Crippen LogP contribution is -2.43. The number of hydrogen-bond acceptors (Lipinski definition) is 4. The predicted octanol–water partition coefficient (Wildman–Crippen LogP) is 3.29. The van der Waals surface area contributed by atoms with Crippen LogP contribution in [-0.2, 0) is 4.79 Å². The molecule has 0 fully saturated rings. The minimum atomic E-state index is -0.147. The van der Waals surface area contributed by atoms with Crippen LogP contribution in [0.4, 0.5) is 0 Å². The highest BCUT2D eigenvalue weighted by atomic mass is 35.5. The van der Waals surface area contributed by atoms with Crippen LogP contribution in [0.25, 0.3) is 0 Å². The normalized spacial score (nSPS) is 17.0. The number of para-hydroxylation sites is 2. The number of halogens is 1. The fourth-order valence-corrected chi connectivity index (χ4v) is 3.30. The molecule has 26 heavy (non-hydrogen) atoms. The molecule has 1 amide bonds. The first-order chi connectivity index (χ1) is 12.5. The van der Waals surface area contributed by atoms with Crippen LogP contribution in [0, 0.1) is 0 Å². The summed E-state index contributed by atoms with van der Waals surface area (Å²) in [6.45, 7) is 3.27. The van der Waals surface area contributed by atoms with Crippen LogP contribution in [0.1, 0.15) is 18.5 Å². The summed E-state index contributed by atoms with van der Waals surface area (Å²) in [5, 5.41) is 3.64. The first kappa shape index (κ1) is 18.5. The third-order valence-electron chi connectivity index (χ3n) is 4.25. The van der Waals surface area contributed by atoms with Gasteiger partial charge in [-0.2, -0.15) is 0 Å². The van der Waals surface area contributed by atoms with Crippen molar-refractivity contribution in [1.82, 2.24) is 10.2 Å². The smallest absolute Gasteiger partial charge is 0.234 e. The minimum absolute atomic E-state index is 0.0583. The molecule has 2 aromatic rings. The summed E-state index contributed by atoms with van der Waals surface area (Å²) in [6, 6.07) is 15.0. The van der Waals surface area contributed by atoms with E-state index >= 15 is 0 Å². The molecular formula is C20H23ClN2O3. The Labute approximate surface area is 158 Å². The molecule has 3 rings (SSSR count). The molecule has 0 saturated carbocycles. The molecule has 2 atom stereocenters. The van der Waals surface area contributed by atoms with Gasteiger partial charge in [0.15, 0.2) is 11.5 Å². The number of fused-ring (bicyclic) bond motifs is 1. The average Bonchev–Trinajstić information content (AvgIpc) is 2.61. The van der Waals surface area contributed by atoms with Gasteiger partial charge in [-0.15, -0.1) is 0 Å². The predicted molar refractivity (Wildman–Crippen MR) is 102 cm³/mol. The lowest BCUT2D eigenvalue weighted by molar-refractivity contribution is -0.122. The molecule has 0 aromatic heterocycles. The van der Waals surface area contributed by atoms with Crippen LogP contribution in [0.15, 0.2) is 48.5 Å². The first-order valence-corrected chi connectivity index (χ1v) is 9.01. The summed E-state index contributed by atoms with van der Waals surface area (Å²) < 4.78 is 11.6. The summed E-state index contributed by atoms with van der Waals surface area (Å²) >= 11 is 6.19. The van der Waals surface area contributed by atoms with Crippen molar-refractivity contribution >= 4 is 17.5 Å². The zero-order valence-electron chi connectivity index (χ0n) is 14.9. The van der Waals surface area contributed by atoms with Gasteiger partial charge in [0.1, 0.15) is 12.7 Å². The fraction of sp³-hybridized carbons (Fsp3) is 0.350. The highest BCUT2D eigenvalue weighted by molar-refractivity contribution is 6.31. The molecule has 0 saturated heterocycles. The maximum atomic E-state index is 12.3. The topological polar surface area (TPSA) is 50.8 Å². The second-order valence-corrected chi connectivity index (χ2v) is 6.91. The summed E-state index contributed by atoms with van der Waals surface area (Å²) in [5.74, 6) is 1.45. The van der Waals surface area contributed by atoms with Gasteiger partial charge in [0.05, 0.1) is 12.6 Å². The van der Waals surface area contributed by atoms with Crippen LogP contribution in [0.2, 0.25) is 5.02 Å². The molecule has 1 N–H and O–H groups in total. The maximum Gasteiger partial charge on any atom is 0.234 e. The Balaban J connectivity index is 1.48. The van der Waals surface area contributed by atoms with Crippen molar-refractivity contribution in [2.45, 2.75) is 19.1 Å². The van der Waals surface area contributed by atoms with E-state index in [1.165, 1.54) is 0 Å². The largest absolute Gasteiger partial charge is 0.486 e. The second-order valence-electron chi connectivity index (χ2n) is 6.51. The molecule has 1 heterocycles. The highest BCUT2D eigenvalue weighted by Gasteiger charge is 2.23. The van der Waals surface area contributed by atoms with Gasteiger partial charge in [-0.05, 0) is 37.7 Å². The lowest BCUT2D eigenvalue weighted by Gasteiger charge is -2.29. The molecule has 138 valence electrons. The Kier molecular flexibility index (Phi) is 6.01. The summed E-state index contributed by atoms with van der Waals surface area (Å²) in [5.41, 5.74) is 0.908. The molecule has 0 bridgehead atoms. The molecule has 5 nitrogen and oxygen atoms in total. The quantitative estimate of drug-likeness (QED) is 0.843. The number of nitrogens with one attached hydrogen (secondary N) is 1. The van der Waals surface area contributed by atoms with Gasteiger partial charge in [0, 0.05) is 11.6 Å². The van der Waals surface area contributed by atoms with Crippen molar-refractivity contribution in [2.75, 3.05) is 26.7 Å². The Morgan fingerprint density at radius 2 is 1.92 bits per heavy atom. The van der Waals surface area contributed by atoms with Gasteiger partial charge in [0.2, 0.25) is 5.91 Å². The zero-order chi connectivity index (χ0) is 18.5. The highest BCUT2D eigenvalue weighted by Crippen LogP contribution is 2.30. The van der Waals surface area contributed by atoms with Crippen LogP contribution in [0.3, 0.4) is 0 Å². The average molecular weight is 375 g/mol. The maximum absolute atomic E-state index is 12.3. The van der Waals surface area contributed by atoms with E-state index in [0.29, 0.717) is 18.2 Å². The third-order valence-corrected chi connectivity index (χ3v) is 4.59. The van der Waals surface area contributed by atoms with Crippen LogP contribution in [-0.4, -0.2) is 43.7 Å². The van der Waals surface area contributed by atoms with E-state index in [9.17, 15) is 4.79 Å². The van der Waals surface area contributed by atoms with Crippen LogP contribution >= 0.6 is 11.6 Å². The molecule has 0 radical (unpaired) electrons. The molecular weight excluding hydrogens is 352 g/mol. The summed E-state index contributed by atoms with van der Waals surface area (Å²) in [7, 11) is 1.89. The molecule has 2 unspecified atom stereocenters. The van der Waals surface area contributed by atoms with Gasteiger partial charge < -0.3 is 14.8 Å². The van der Waals surface area contributed by atoms with E-state index in [-0.39, 0.29) is 24.6 Å². The number of benzene rings is 2. The number of amides is 1. The summed E-state index contributed by atoms with van der Waals surface area (Å²) in [4.78, 5) is 14.2. The van der Waals surface area contributed by atoms with Crippen molar-refractivity contribution in [3.63, 3.8) is 0 Å². The van der Waals surface area contributed by atoms with E-state index in [1.807, 2.05) is 67.4 Å². The SMILES string of the molecule is CC(NC(=O)CN(C)CC1COc2ccccc2O1)c1ccccc1Cl. The standard InChI is InChI=1S/C20H23ClN2O3/c1-14(16-7-3-4-8-17(16)21)22-20(24)12-23(2)11-15-13-25-18-9-5-6-10-19(18)26-15/h3-10,14-15H,11-13H2,1-2H3,(H,22,24).